The molecule has 0 rings (SSSR count). The van der Waals surface area contributed by atoms with Crippen LogP contribution in [0.4, 0.5) is 4.70 Å². The van der Waals surface area contributed by atoms with Gasteiger partial charge in [0.1, 0.15) is 0 Å². The monoisotopic (exact) mass is 234 g/mol. The molecule has 0 aliphatic carbocycles. The number of hydrogen-bond acceptors (Lipinski definition) is 0. The normalized spacial score (nSPS) is 12.1. The molecule has 1 unspecified atom stereocenters. The first-order valence-corrected chi connectivity index (χ1v) is 5.57. The molecule has 0 saturated carbocycles. The van der Waals surface area contributed by atoms with Crippen LogP contribution in [0, 0.1) is 5.92 Å². The fourth-order valence-electron chi connectivity index (χ4n) is 1.03. The average Bonchev–Trinajstić information content (AvgIpc) is 2.31. The molecule has 0 N–H and O–H groups in total. The van der Waals surface area contributed by atoms with Crippen LogP contribution in [0.5, 0.6) is 0 Å². The maximum atomic E-state index is 4.03. The van der Waals surface area contributed by atoms with E-state index in [-0.39, 0.29) is 4.70 Å². The summed E-state index contributed by atoms with van der Waals surface area (Å²) in [4.78, 5) is 0. The second-order valence-electron chi connectivity index (χ2n) is 3.86. The molecule has 0 fully saturated rings. The quantitative estimate of drug-likeness (QED) is 0.534. The molecule has 0 aromatic rings. The van der Waals surface area contributed by atoms with E-state index >= 15 is 0 Å². The van der Waals surface area contributed by atoms with Crippen LogP contribution in [0.2, 0.25) is 0 Å². The van der Waals surface area contributed by atoms with Crippen LogP contribution < -0.4 is 0 Å². The zero-order chi connectivity index (χ0) is 12.6. The Kier molecular flexibility index (Phi) is 10.0. The predicted molar refractivity (Wildman–Crippen MR) is 77.9 cm³/mol. The second kappa shape index (κ2) is 9.59. The maximum Gasteiger partial charge on any atom is -0.0199 e. The Balaban J connectivity index is 0. The molecule has 0 aliphatic heterocycles. The summed E-state index contributed by atoms with van der Waals surface area (Å²) in [7, 11) is 0. The lowest BCUT2D eigenvalue weighted by atomic mass is 9.98. The largest absolute Gasteiger partial charge is 0.269 e. The third-order valence-corrected chi connectivity index (χ3v) is 2.59. The van der Waals surface area contributed by atoms with Gasteiger partial charge < -0.3 is 0 Å². The fourth-order valence-corrected chi connectivity index (χ4v) is 1.03. The van der Waals surface area contributed by atoms with Gasteiger partial charge in [0.05, 0.1) is 0 Å². The molecule has 0 aromatic heterocycles. The highest BCUT2D eigenvalue weighted by Crippen LogP contribution is 2.16. The topological polar surface area (TPSA) is 0 Å². The van der Waals surface area contributed by atoms with Gasteiger partial charge in [0.15, 0.2) is 0 Å². The van der Waals surface area contributed by atoms with Crippen molar-refractivity contribution in [1.82, 2.24) is 0 Å². The van der Waals surface area contributed by atoms with Crippen molar-refractivity contribution in [2.45, 2.75) is 20.3 Å². The molecular weight excluding hydrogens is 211 g/mol. The summed E-state index contributed by atoms with van der Waals surface area (Å²) < 4.78 is 0. The summed E-state index contributed by atoms with van der Waals surface area (Å²) in [5.74, 6) is 0.515. The smallest absolute Gasteiger partial charge is 0.0199 e. The van der Waals surface area contributed by atoms with Crippen LogP contribution >= 0.6 is 0 Å². The van der Waals surface area contributed by atoms with Gasteiger partial charge >= 0.3 is 0 Å². The Morgan fingerprint density at radius 3 is 2.06 bits per heavy atom. The predicted octanol–water partition coefficient (Wildman–Crippen LogP) is 5.15. The Morgan fingerprint density at radius 2 is 1.59 bits per heavy atom. The molecular formula is C16H23F. The van der Waals surface area contributed by atoms with Gasteiger partial charge in [-0.05, 0) is 23.5 Å². The van der Waals surface area contributed by atoms with Crippen molar-refractivity contribution in [2.75, 3.05) is 0 Å². The average molecular weight is 234 g/mol. The molecule has 1 heteroatoms. The van der Waals surface area contributed by atoms with Crippen LogP contribution in [0.15, 0.2) is 73.4 Å². The van der Waals surface area contributed by atoms with E-state index in [1.54, 1.807) is 6.08 Å². The van der Waals surface area contributed by atoms with E-state index in [9.17, 15) is 0 Å². The maximum absolute atomic E-state index is 4.03. The van der Waals surface area contributed by atoms with Crippen molar-refractivity contribution in [3.05, 3.63) is 73.4 Å². The molecule has 0 heterocycles. The van der Waals surface area contributed by atoms with Gasteiger partial charge in [-0.2, -0.15) is 0 Å². The van der Waals surface area contributed by atoms with Crippen molar-refractivity contribution < 1.29 is 4.70 Å². The van der Waals surface area contributed by atoms with E-state index in [4.69, 9.17) is 0 Å². The lowest BCUT2D eigenvalue weighted by Crippen LogP contribution is -1.92. The molecule has 0 radical (unpaired) electrons. The summed E-state index contributed by atoms with van der Waals surface area (Å²) >= 11 is 0. The van der Waals surface area contributed by atoms with Gasteiger partial charge in [-0.1, -0.05) is 76.1 Å². The lowest BCUT2D eigenvalue weighted by Gasteiger charge is -2.07. The van der Waals surface area contributed by atoms with Gasteiger partial charge in [0.2, 0.25) is 0 Å². The molecule has 1 atom stereocenters. The highest BCUT2D eigenvalue weighted by Gasteiger charge is 1.99. The first-order chi connectivity index (χ1) is 7.52. The Bertz CT molecular complexity index is 343. The third kappa shape index (κ3) is 7.29. The molecule has 0 aliphatic rings. The van der Waals surface area contributed by atoms with Gasteiger partial charge in [-0.15, -0.1) is 0 Å². The van der Waals surface area contributed by atoms with Gasteiger partial charge in [-0.25, -0.2) is 0 Å². The Labute approximate surface area is 105 Å². The first kappa shape index (κ1) is 17.8. The molecule has 0 spiro atoms. The minimum Gasteiger partial charge on any atom is -0.269 e. The number of hydrogen-bond donors (Lipinski definition) is 0. The highest BCUT2D eigenvalue weighted by molar-refractivity contribution is 5.44. The summed E-state index contributed by atoms with van der Waals surface area (Å²) in [5, 5.41) is 0. The Hall–Kier alpha value is -1.63. The van der Waals surface area contributed by atoms with E-state index in [1.807, 2.05) is 24.3 Å². The molecule has 0 saturated heterocycles. The van der Waals surface area contributed by atoms with Crippen LogP contribution in [0.25, 0.3) is 0 Å². The van der Waals surface area contributed by atoms with Crippen molar-refractivity contribution >= 4 is 0 Å². The minimum absolute atomic E-state index is 0. The highest BCUT2D eigenvalue weighted by atomic mass is 19.0. The second-order valence-corrected chi connectivity index (χ2v) is 3.86. The number of halogens is 1. The molecule has 0 bridgehead atoms. The van der Waals surface area contributed by atoms with E-state index in [0.717, 1.165) is 23.1 Å². The zero-order valence-electron chi connectivity index (χ0n) is 10.9. The van der Waals surface area contributed by atoms with Crippen molar-refractivity contribution in [3.63, 3.8) is 0 Å². The summed E-state index contributed by atoms with van der Waals surface area (Å²) in [6, 6.07) is 0. The zero-order valence-corrected chi connectivity index (χ0v) is 10.9. The van der Waals surface area contributed by atoms with E-state index < -0.39 is 0 Å². The van der Waals surface area contributed by atoms with E-state index in [0.29, 0.717) is 5.92 Å². The molecule has 0 amide bonds. The molecule has 0 nitrogen and oxygen atoms in total. The van der Waals surface area contributed by atoms with Gasteiger partial charge in [-0.3, -0.25) is 4.70 Å². The third-order valence-electron chi connectivity index (χ3n) is 2.59. The minimum atomic E-state index is 0. The lowest BCUT2D eigenvalue weighted by molar-refractivity contribution is 0.672. The van der Waals surface area contributed by atoms with Gasteiger partial charge in [0.25, 0.3) is 0 Å². The van der Waals surface area contributed by atoms with Crippen molar-refractivity contribution in [3.8, 4) is 0 Å². The molecule has 0 aromatic carbocycles. The summed E-state index contributed by atoms with van der Waals surface area (Å²) in [5.41, 5.74) is 2.93. The van der Waals surface area contributed by atoms with Crippen LogP contribution in [-0.2, 0) is 0 Å². The van der Waals surface area contributed by atoms with Gasteiger partial charge in [0, 0.05) is 0 Å². The van der Waals surface area contributed by atoms with Crippen molar-refractivity contribution in [1.29, 1.82) is 0 Å². The summed E-state index contributed by atoms with van der Waals surface area (Å²) in [6.07, 6.45) is 10.6. The molecule has 17 heavy (non-hydrogen) atoms. The first-order valence-electron chi connectivity index (χ1n) is 5.57. The van der Waals surface area contributed by atoms with Crippen molar-refractivity contribution in [2.24, 2.45) is 5.92 Å². The summed E-state index contributed by atoms with van der Waals surface area (Å²) in [6.45, 7) is 19.8. The van der Waals surface area contributed by atoms with Crippen LogP contribution in [0.3, 0.4) is 0 Å². The standard InChI is InChI=1S/C16H22.FH/c1-7-9-10-14(4)16(6)12-11-15(5)13(3)8-2;/h7,9-13H,1,4-6,8H2,2-3H3;1H/b10-9-,12-11-;. The SMILES string of the molecule is C=C/C=C\C(=C)C(=C)/C=C\C(=C)C(C)CC.F. The van der Waals surface area contributed by atoms with Crippen LogP contribution in [0.1, 0.15) is 20.3 Å². The van der Waals surface area contributed by atoms with Crippen LogP contribution in [-0.4, -0.2) is 0 Å². The fraction of sp³-hybridized carbons (Fsp3) is 0.250. The van der Waals surface area contributed by atoms with E-state index in [1.165, 1.54) is 0 Å². The number of allylic oxidation sites excluding steroid dienone is 8. The number of rotatable bonds is 7. The Morgan fingerprint density at radius 1 is 1.06 bits per heavy atom. The molecule has 94 valence electrons. The van der Waals surface area contributed by atoms with E-state index in [2.05, 4.69) is 40.2 Å².